The predicted octanol–water partition coefficient (Wildman–Crippen LogP) is 4.39. The second kappa shape index (κ2) is 7.17. The minimum Gasteiger partial charge on any atom is -0.444 e. The van der Waals surface area contributed by atoms with Gasteiger partial charge in [0.1, 0.15) is 5.60 Å². The van der Waals surface area contributed by atoms with Gasteiger partial charge in [0.25, 0.3) is 0 Å². The fourth-order valence-electron chi connectivity index (χ4n) is 4.35. The zero-order valence-electron chi connectivity index (χ0n) is 17.2. The summed E-state index contributed by atoms with van der Waals surface area (Å²) in [6.07, 6.45) is 2.15. The number of hydrogen-bond acceptors (Lipinski definition) is 3. The third kappa shape index (κ3) is 3.97. The second-order valence-corrected chi connectivity index (χ2v) is 8.86. The topological polar surface area (TPSA) is 49.9 Å². The van der Waals surface area contributed by atoms with Gasteiger partial charge in [-0.05, 0) is 53.0 Å². The van der Waals surface area contributed by atoms with Gasteiger partial charge in [-0.15, -0.1) is 0 Å². The van der Waals surface area contributed by atoms with Gasteiger partial charge >= 0.3 is 6.09 Å². The summed E-state index contributed by atoms with van der Waals surface area (Å²) in [5.41, 5.74) is 0.411. The molecular weight excluding hydrogens is 340 g/mol. The molecule has 1 heterocycles. The molecule has 0 bridgehead atoms. The lowest BCUT2D eigenvalue weighted by Crippen LogP contribution is -2.49. The van der Waals surface area contributed by atoms with Crippen LogP contribution in [0.3, 0.4) is 0 Å². The van der Waals surface area contributed by atoms with Crippen LogP contribution in [0, 0.1) is 5.92 Å². The second-order valence-electron chi connectivity index (χ2n) is 8.86. The summed E-state index contributed by atoms with van der Waals surface area (Å²) >= 11 is 0. The van der Waals surface area contributed by atoms with Crippen molar-refractivity contribution in [2.24, 2.45) is 5.92 Å². The molecule has 1 saturated heterocycles. The number of benzene rings is 1. The summed E-state index contributed by atoms with van der Waals surface area (Å²) in [5.74, 6) is 0.353. The Hall–Kier alpha value is -2.04. The highest BCUT2D eigenvalue weighted by Gasteiger charge is 2.58. The fraction of sp³-hybridized carbons (Fsp3) is 0.636. The third-order valence-electron chi connectivity index (χ3n) is 5.90. The normalized spacial score (nSPS) is 22.5. The lowest BCUT2D eigenvalue weighted by molar-refractivity contribution is -0.129. The number of likely N-dealkylation sites (tertiary alicyclic amines) is 1. The number of carbonyl (C=O) groups excluding carboxylic acids is 2. The average Bonchev–Trinajstić information content (AvgIpc) is 3.29. The van der Waals surface area contributed by atoms with Crippen LogP contribution in [-0.2, 0) is 9.53 Å². The first-order valence-corrected chi connectivity index (χ1v) is 10.0. The Bertz CT molecular complexity index is 691. The molecule has 2 amide bonds. The van der Waals surface area contributed by atoms with Gasteiger partial charge in [0.15, 0.2) is 0 Å². The highest BCUT2D eigenvalue weighted by Crippen LogP contribution is 2.52. The third-order valence-corrected chi connectivity index (χ3v) is 5.90. The Morgan fingerprint density at radius 2 is 1.93 bits per heavy atom. The number of carbonyl (C=O) groups is 2. The summed E-state index contributed by atoms with van der Waals surface area (Å²) < 4.78 is 5.64. The monoisotopic (exact) mass is 372 g/mol. The fourth-order valence-corrected chi connectivity index (χ4v) is 4.35. The maximum atomic E-state index is 12.8. The SMILES string of the molecule is CCN(C(=O)OC(C)(C)C)C1(C2CC(=O)N(C(C)c3ccccc3)C2)CC1. The maximum Gasteiger partial charge on any atom is 0.410 e. The van der Waals surface area contributed by atoms with Crippen LogP contribution in [0.2, 0.25) is 0 Å². The van der Waals surface area contributed by atoms with E-state index in [4.69, 9.17) is 4.74 Å². The van der Waals surface area contributed by atoms with Gasteiger partial charge in [0.05, 0.1) is 11.6 Å². The molecule has 5 heteroatoms. The standard InChI is InChI=1S/C22H32N2O3/c1-6-24(20(26)27-21(3,4)5)22(12-13-22)18-14-19(25)23(15-18)16(2)17-10-8-7-9-11-17/h7-11,16,18H,6,12-15H2,1-5H3. The quantitative estimate of drug-likeness (QED) is 0.770. The number of amides is 2. The van der Waals surface area contributed by atoms with Gasteiger partial charge in [-0.2, -0.15) is 0 Å². The van der Waals surface area contributed by atoms with E-state index in [0.717, 1.165) is 18.4 Å². The minimum absolute atomic E-state index is 0.0519. The summed E-state index contributed by atoms with van der Waals surface area (Å²) in [7, 11) is 0. The van der Waals surface area contributed by atoms with Gasteiger partial charge in [0.2, 0.25) is 5.91 Å². The van der Waals surface area contributed by atoms with E-state index in [1.165, 1.54) is 0 Å². The predicted molar refractivity (Wildman–Crippen MR) is 105 cm³/mol. The molecule has 1 saturated carbocycles. The van der Waals surface area contributed by atoms with E-state index in [-0.39, 0.29) is 29.5 Å². The van der Waals surface area contributed by atoms with Crippen molar-refractivity contribution in [1.29, 1.82) is 0 Å². The van der Waals surface area contributed by atoms with Crippen LogP contribution in [-0.4, -0.2) is 46.0 Å². The summed E-state index contributed by atoms with van der Waals surface area (Å²) in [5, 5.41) is 0. The molecule has 0 aromatic heterocycles. The molecule has 1 aromatic rings. The number of nitrogens with zero attached hydrogens (tertiary/aromatic N) is 2. The van der Waals surface area contributed by atoms with Gasteiger partial charge < -0.3 is 14.5 Å². The molecule has 1 aliphatic heterocycles. The van der Waals surface area contributed by atoms with Crippen molar-refractivity contribution in [2.45, 2.75) is 71.1 Å². The van der Waals surface area contributed by atoms with E-state index >= 15 is 0 Å². The number of ether oxygens (including phenoxy) is 1. The summed E-state index contributed by atoms with van der Waals surface area (Å²) in [6.45, 7) is 11.1. The molecule has 0 N–H and O–H groups in total. The van der Waals surface area contributed by atoms with E-state index in [2.05, 4.69) is 19.1 Å². The van der Waals surface area contributed by atoms with Crippen LogP contribution in [0.4, 0.5) is 4.79 Å². The largest absolute Gasteiger partial charge is 0.444 e. The van der Waals surface area contributed by atoms with Gasteiger partial charge in [-0.1, -0.05) is 30.3 Å². The molecule has 1 aliphatic carbocycles. The van der Waals surface area contributed by atoms with Crippen LogP contribution < -0.4 is 0 Å². The van der Waals surface area contributed by atoms with E-state index in [1.807, 2.05) is 55.7 Å². The van der Waals surface area contributed by atoms with Crippen molar-refractivity contribution in [2.75, 3.05) is 13.1 Å². The van der Waals surface area contributed by atoms with Crippen LogP contribution in [0.15, 0.2) is 30.3 Å². The van der Waals surface area contributed by atoms with Crippen LogP contribution in [0.5, 0.6) is 0 Å². The highest BCUT2D eigenvalue weighted by atomic mass is 16.6. The molecule has 1 aromatic carbocycles. The Kier molecular flexibility index (Phi) is 5.24. The first-order valence-electron chi connectivity index (χ1n) is 10.0. The molecule has 3 rings (SSSR count). The maximum absolute atomic E-state index is 12.8. The molecule has 2 unspecified atom stereocenters. The zero-order chi connectivity index (χ0) is 19.8. The van der Waals surface area contributed by atoms with Crippen LogP contribution >= 0.6 is 0 Å². The van der Waals surface area contributed by atoms with Crippen molar-refractivity contribution >= 4 is 12.0 Å². The minimum atomic E-state index is -0.514. The average molecular weight is 373 g/mol. The smallest absolute Gasteiger partial charge is 0.410 e. The van der Waals surface area contributed by atoms with E-state index in [0.29, 0.717) is 19.5 Å². The summed E-state index contributed by atoms with van der Waals surface area (Å²) in [4.78, 5) is 29.4. The van der Waals surface area contributed by atoms with Crippen molar-refractivity contribution < 1.29 is 14.3 Å². The molecule has 5 nitrogen and oxygen atoms in total. The first-order chi connectivity index (χ1) is 12.7. The van der Waals surface area contributed by atoms with E-state index in [9.17, 15) is 9.59 Å². The highest BCUT2D eigenvalue weighted by molar-refractivity contribution is 5.80. The lowest BCUT2D eigenvalue weighted by atomic mass is 9.94. The van der Waals surface area contributed by atoms with E-state index in [1.54, 1.807) is 0 Å². The molecule has 2 aliphatic rings. The molecule has 27 heavy (non-hydrogen) atoms. The van der Waals surface area contributed by atoms with Crippen molar-refractivity contribution in [3.63, 3.8) is 0 Å². The van der Waals surface area contributed by atoms with Crippen molar-refractivity contribution in [3.8, 4) is 0 Å². The summed E-state index contributed by atoms with van der Waals surface area (Å²) in [6, 6.07) is 10.2. The van der Waals surface area contributed by atoms with Gasteiger partial charge in [0, 0.05) is 25.4 Å². The molecule has 0 spiro atoms. The van der Waals surface area contributed by atoms with Gasteiger partial charge in [-0.25, -0.2) is 4.79 Å². The van der Waals surface area contributed by atoms with Crippen molar-refractivity contribution in [3.05, 3.63) is 35.9 Å². The number of hydrogen-bond donors (Lipinski definition) is 0. The Labute approximate surface area is 162 Å². The lowest BCUT2D eigenvalue weighted by Gasteiger charge is -2.36. The Morgan fingerprint density at radius 1 is 1.30 bits per heavy atom. The van der Waals surface area contributed by atoms with Crippen LogP contribution in [0.25, 0.3) is 0 Å². The Morgan fingerprint density at radius 3 is 2.44 bits per heavy atom. The molecular formula is C22H32N2O3. The molecule has 148 valence electrons. The molecule has 0 radical (unpaired) electrons. The first kappa shape index (κ1) is 19.7. The number of rotatable bonds is 5. The van der Waals surface area contributed by atoms with Crippen molar-refractivity contribution in [1.82, 2.24) is 9.80 Å². The van der Waals surface area contributed by atoms with Gasteiger partial charge in [-0.3, -0.25) is 4.79 Å². The van der Waals surface area contributed by atoms with E-state index < -0.39 is 5.60 Å². The molecule has 2 atom stereocenters. The molecule has 2 fully saturated rings. The Balaban J connectivity index is 1.74. The van der Waals surface area contributed by atoms with Crippen LogP contribution in [0.1, 0.15) is 65.5 Å². The zero-order valence-corrected chi connectivity index (χ0v) is 17.2.